The van der Waals surface area contributed by atoms with Crippen molar-refractivity contribution in [3.63, 3.8) is 0 Å². The molecule has 2 heteroatoms. The summed E-state index contributed by atoms with van der Waals surface area (Å²) in [6.07, 6.45) is 3.84. The number of rotatable bonds is 2. The first kappa shape index (κ1) is 12.6. The minimum absolute atomic E-state index is 0.803. The van der Waals surface area contributed by atoms with Crippen LogP contribution in [-0.4, -0.2) is 0 Å². The van der Waals surface area contributed by atoms with Gasteiger partial charge in [0.1, 0.15) is 5.82 Å². The van der Waals surface area contributed by atoms with Gasteiger partial charge in [-0.1, -0.05) is 32.6 Å². The summed E-state index contributed by atoms with van der Waals surface area (Å²) in [5.41, 5.74) is 3.27. The van der Waals surface area contributed by atoms with Gasteiger partial charge in [0.15, 0.2) is 0 Å². The van der Waals surface area contributed by atoms with Crippen molar-refractivity contribution in [1.82, 2.24) is 10.6 Å². The van der Waals surface area contributed by atoms with Crippen LogP contribution in [0, 0.1) is 0 Å². The zero-order valence-electron chi connectivity index (χ0n) is 9.57. The molecule has 0 aromatic carbocycles. The van der Waals surface area contributed by atoms with Gasteiger partial charge in [0, 0.05) is 0 Å². The van der Waals surface area contributed by atoms with Crippen molar-refractivity contribution >= 4 is 0 Å². The fourth-order valence-corrected chi connectivity index (χ4v) is 1.05. The molecule has 0 bridgehead atoms. The summed E-state index contributed by atoms with van der Waals surface area (Å²) < 4.78 is 0. The normalized spacial score (nSPS) is 13.6. The van der Waals surface area contributed by atoms with E-state index in [1.807, 2.05) is 13.8 Å². The Hall–Kier alpha value is -1.44. The number of hydrogen-bond donors (Lipinski definition) is 2. The molecule has 0 spiro atoms. The molecule has 0 amide bonds. The minimum atomic E-state index is 0.803. The lowest BCUT2D eigenvalue weighted by atomic mass is 10.2. The van der Waals surface area contributed by atoms with Crippen LogP contribution in [0.4, 0.5) is 0 Å². The van der Waals surface area contributed by atoms with Crippen molar-refractivity contribution in [3.8, 4) is 0 Å². The molecule has 2 nitrogen and oxygen atoms in total. The molecule has 1 heterocycles. The van der Waals surface area contributed by atoms with E-state index in [1.54, 1.807) is 6.08 Å². The summed E-state index contributed by atoms with van der Waals surface area (Å²) >= 11 is 0. The molecule has 78 valence electrons. The van der Waals surface area contributed by atoms with E-state index in [0.29, 0.717) is 0 Å². The lowest BCUT2D eigenvalue weighted by molar-refractivity contribution is 0.967. The van der Waals surface area contributed by atoms with Crippen molar-refractivity contribution in [2.75, 3.05) is 0 Å². The molecule has 1 aliphatic rings. The van der Waals surface area contributed by atoms with Crippen molar-refractivity contribution in [3.05, 3.63) is 48.1 Å². The molecule has 14 heavy (non-hydrogen) atoms. The van der Waals surface area contributed by atoms with Crippen LogP contribution in [0.15, 0.2) is 48.1 Å². The van der Waals surface area contributed by atoms with Crippen LogP contribution in [0.3, 0.4) is 0 Å². The van der Waals surface area contributed by atoms with Gasteiger partial charge in [-0.05, 0) is 26.0 Å². The molecule has 0 aliphatic carbocycles. The fourth-order valence-electron chi connectivity index (χ4n) is 1.05. The van der Waals surface area contributed by atoms with E-state index in [2.05, 4.69) is 43.7 Å². The summed E-state index contributed by atoms with van der Waals surface area (Å²) in [5.74, 6) is 0.803. The summed E-state index contributed by atoms with van der Waals surface area (Å²) in [6.45, 7) is 15.6. The molecule has 0 unspecified atom stereocenters. The van der Waals surface area contributed by atoms with E-state index < -0.39 is 0 Å². The Kier molecular flexibility index (Phi) is 5.46. The predicted octanol–water partition coefficient (Wildman–Crippen LogP) is 3.04. The Morgan fingerprint density at radius 2 is 1.64 bits per heavy atom. The zero-order chi connectivity index (χ0) is 11.1. The Morgan fingerprint density at radius 1 is 1.14 bits per heavy atom. The molecule has 0 aromatic rings. The maximum Gasteiger partial charge on any atom is 0.100 e. The highest BCUT2D eigenvalue weighted by atomic mass is 15.2. The van der Waals surface area contributed by atoms with Crippen molar-refractivity contribution in [2.45, 2.75) is 27.7 Å². The quantitative estimate of drug-likeness (QED) is 0.702. The second kappa shape index (κ2) is 6.08. The van der Waals surface area contributed by atoms with Crippen LogP contribution in [0.5, 0.6) is 0 Å². The van der Waals surface area contributed by atoms with Gasteiger partial charge in [0.2, 0.25) is 0 Å². The SMILES string of the molecule is C=CC1=C(C=C(C)C)NC(=C)N1.CC. The third-order valence-corrected chi connectivity index (χ3v) is 1.50. The van der Waals surface area contributed by atoms with E-state index in [1.165, 1.54) is 5.57 Å². The van der Waals surface area contributed by atoms with Gasteiger partial charge in [0.05, 0.1) is 11.4 Å². The average molecular weight is 192 g/mol. The molecule has 0 radical (unpaired) electrons. The van der Waals surface area contributed by atoms with Gasteiger partial charge < -0.3 is 10.6 Å². The van der Waals surface area contributed by atoms with E-state index in [9.17, 15) is 0 Å². The summed E-state index contributed by atoms with van der Waals surface area (Å²) in [7, 11) is 0. The molecule has 0 saturated carbocycles. The first-order valence-corrected chi connectivity index (χ1v) is 4.88. The topological polar surface area (TPSA) is 24.1 Å². The maximum absolute atomic E-state index is 3.77. The first-order chi connectivity index (χ1) is 6.63. The molecule has 0 saturated heterocycles. The number of allylic oxidation sites excluding steroid dienone is 3. The lowest BCUT2D eigenvalue weighted by Gasteiger charge is -1.97. The first-order valence-electron chi connectivity index (χ1n) is 4.88. The second-order valence-electron chi connectivity index (χ2n) is 2.98. The summed E-state index contributed by atoms with van der Waals surface area (Å²) in [6, 6.07) is 0. The highest BCUT2D eigenvalue weighted by Crippen LogP contribution is 2.12. The van der Waals surface area contributed by atoms with E-state index in [4.69, 9.17) is 0 Å². The molecular weight excluding hydrogens is 172 g/mol. The highest BCUT2D eigenvalue weighted by molar-refractivity contribution is 5.39. The Labute approximate surface area is 87.1 Å². The van der Waals surface area contributed by atoms with Gasteiger partial charge in [-0.25, -0.2) is 0 Å². The Morgan fingerprint density at radius 3 is 2.07 bits per heavy atom. The zero-order valence-corrected chi connectivity index (χ0v) is 9.57. The summed E-state index contributed by atoms with van der Waals surface area (Å²) in [5, 5.41) is 6.18. The third-order valence-electron chi connectivity index (χ3n) is 1.50. The maximum atomic E-state index is 3.77. The summed E-state index contributed by atoms with van der Waals surface area (Å²) in [4.78, 5) is 0. The fraction of sp³-hybridized carbons (Fsp3) is 0.333. The molecule has 0 atom stereocenters. The van der Waals surface area contributed by atoms with Crippen LogP contribution in [0.2, 0.25) is 0 Å². The van der Waals surface area contributed by atoms with Gasteiger partial charge in [-0.3, -0.25) is 0 Å². The largest absolute Gasteiger partial charge is 0.341 e. The smallest absolute Gasteiger partial charge is 0.100 e. The molecule has 2 N–H and O–H groups in total. The third kappa shape index (κ3) is 3.52. The van der Waals surface area contributed by atoms with Gasteiger partial charge in [-0.15, -0.1) is 0 Å². The van der Waals surface area contributed by atoms with Crippen LogP contribution in [0.1, 0.15) is 27.7 Å². The molecular formula is C12H20N2. The molecule has 1 aliphatic heterocycles. The predicted molar refractivity (Wildman–Crippen MR) is 63.4 cm³/mol. The van der Waals surface area contributed by atoms with Crippen molar-refractivity contribution in [2.24, 2.45) is 0 Å². The molecule has 1 rings (SSSR count). The van der Waals surface area contributed by atoms with Crippen LogP contribution < -0.4 is 10.6 Å². The Balaban J connectivity index is 0.000000791. The molecule has 0 fully saturated rings. The van der Waals surface area contributed by atoms with E-state index >= 15 is 0 Å². The minimum Gasteiger partial charge on any atom is -0.341 e. The van der Waals surface area contributed by atoms with Gasteiger partial charge in [0.25, 0.3) is 0 Å². The van der Waals surface area contributed by atoms with Gasteiger partial charge >= 0.3 is 0 Å². The standard InChI is InChI=1S/C10H14N2.C2H6/c1-5-9-10(6-7(2)3)12-8(4)11-9;1-2/h5-6,11-12H,1,4H2,2-3H3;1-2H3. The molecule has 0 aromatic heterocycles. The monoisotopic (exact) mass is 192 g/mol. The highest BCUT2D eigenvalue weighted by Gasteiger charge is 2.10. The van der Waals surface area contributed by atoms with Gasteiger partial charge in [-0.2, -0.15) is 0 Å². The van der Waals surface area contributed by atoms with Crippen molar-refractivity contribution in [1.29, 1.82) is 0 Å². The average Bonchev–Trinajstić information content (AvgIpc) is 2.48. The number of hydrogen-bond acceptors (Lipinski definition) is 2. The lowest BCUT2D eigenvalue weighted by Crippen LogP contribution is -2.10. The van der Waals surface area contributed by atoms with Crippen LogP contribution >= 0.6 is 0 Å². The van der Waals surface area contributed by atoms with Crippen LogP contribution in [0.25, 0.3) is 0 Å². The van der Waals surface area contributed by atoms with Crippen LogP contribution in [-0.2, 0) is 0 Å². The van der Waals surface area contributed by atoms with E-state index in [0.717, 1.165) is 17.2 Å². The number of nitrogens with one attached hydrogen (secondary N) is 2. The Bertz CT molecular complexity index is 279. The van der Waals surface area contributed by atoms with Crippen molar-refractivity contribution < 1.29 is 0 Å². The second-order valence-corrected chi connectivity index (χ2v) is 2.98. The van der Waals surface area contributed by atoms with E-state index in [-0.39, 0.29) is 0 Å².